The second-order valence-electron chi connectivity index (χ2n) is 6.06. The number of amides is 1. The molecule has 2 N–H and O–H groups in total. The third kappa shape index (κ3) is 4.57. The van der Waals surface area contributed by atoms with Crippen molar-refractivity contribution in [3.05, 3.63) is 29.8 Å². The van der Waals surface area contributed by atoms with Crippen LogP contribution in [0.2, 0.25) is 0 Å². The van der Waals surface area contributed by atoms with Crippen molar-refractivity contribution in [3.8, 4) is 0 Å². The van der Waals surface area contributed by atoms with E-state index in [1.165, 1.54) is 17.8 Å². The second-order valence-corrected chi connectivity index (χ2v) is 7.11. The van der Waals surface area contributed by atoms with Crippen molar-refractivity contribution in [2.45, 2.75) is 31.2 Å². The molecule has 1 aliphatic rings. The number of hydrogen-bond acceptors (Lipinski definition) is 3. The van der Waals surface area contributed by atoms with Crippen LogP contribution in [-0.4, -0.2) is 35.7 Å². The molecule has 1 unspecified atom stereocenters. The van der Waals surface area contributed by atoms with E-state index in [0.717, 1.165) is 18.6 Å². The van der Waals surface area contributed by atoms with E-state index in [4.69, 9.17) is 5.73 Å². The molecule has 0 aliphatic carbocycles. The van der Waals surface area contributed by atoms with Gasteiger partial charge in [0.1, 0.15) is 0 Å². The van der Waals surface area contributed by atoms with Crippen LogP contribution in [0.4, 0.5) is 8.78 Å². The normalized spacial score (nSPS) is 20.4. The monoisotopic (exact) mass is 350 g/mol. The van der Waals surface area contributed by atoms with Crippen molar-refractivity contribution < 1.29 is 13.6 Å². The highest BCUT2D eigenvalue weighted by molar-refractivity contribution is 8.00. The highest BCUT2D eigenvalue weighted by Crippen LogP contribution is 2.28. The van der Waals surface area contributed by atoms with E-state index >= 15 is 0 Å². The molecule has 0 saturated carbocycles. The number of nitrogens with zero attached hydrogens (tertiary/aromatic N) is 1. The number of thioether (sulfide) groups is 1. The topological polar surface area (TPSA) is 46.3 Å². The van der Waals surface area contributed by atoms with E-state index in [1.54, 1.807) is 4.90 Å². The van der Waals surface area contributed by atoms with Gasteiger partial charge in [-0.3, -0.25) is 4.79 Å². The molecule has 0 aromatic heterocycles. The fourth-order valence-electron chi connectivity index (χ4n) is 2.39. The van der Waals surface area contributed by atoms with E-state index in [2.05, 4.69) is 13.8 Å². The first-order chi connectivity index (χ1) is 9.79. The summed E-state index contributed by atoms with van der Waals surface area (Å²) in [5.41, 5.74) is 5.95. The van der Waals surface area contributed by atoms with Gasteiger partial charge in [0.05, 0.1) is 5.75 Å². The minimum Gasteiger partial charge on any atom is -0.341 e. The standard InChI is InChI=1S/C15H20F2N2OS.ClH/c1-15(2)9-19(6-5-13(15)18)14(20)8-21-10-3-4-11(16)12(17)7-10;/h3-4,7,13H,5-6,8-9,18H2,1-2H3;1H. The first kappa shape index (κ1) is 19.2. The first-order valence-corrected chi connectivity index (χ1v) is 7.89. The van der Waals surface area contributed by atoms with Gasteiger partial charge in [-0.15, -0.1) is 24.2 Å². The van der Waals surface area contributed by atoms with Crippen LogP contribution in [0.1, 0.15) is 20.3 Å². The Bertz CT molecular complexity index is 542. The number of rotatable bonds is 3. The molecule has 1 aromatic carbocycles. The lowest BCUT2D eigenvalue weighted by Crippen LogP contribution is -2.54. The SMILES string of the molecule is CC1(C)CN(C(=O)CSc2ccc(F)c(F)c2)CCC1N.Cl. The summed E-state index contributed by atoms with van der Waals surface area (Å²) in [6.07, 6.45) is 0.786. The maximum atomic E-state index is 13.1. The Balaban J connectivity index is 0.00000242. The number of carbonyl (C=O) groups excluding carboxylic acids is 1. The number of hydrogen-bond donors (Lipinski definition) is 1. The number of piperidine rings is 1. The van der Waals surface area contributed by atoms with Crippen molar-refractivity contribution in [1.82, 2.24) is 4.90 Å². The van der Waals surface area contributed by atoms with E-state index < -0.39 is 11.6 Å². The summed E-state index contributed by atoms with van der Waals surface area (Å²) in [6.45, 7) is 5.40. The van der Waals surface area contributed by atoms with Crippen LogP contribution < -0.4 is 5.73 Å². The molecular formula is C15H21ClF2N2OS. The first-order valence-electron chi connectivity index (χ1n) is 6.91. The summed E-state index contributed by atoms with van der Waals surface area (Å²) in [5, 5.41) is 0. The van der Waals surface area contributed by atoms with Crippen LogP contribution in [-0.2, 0) is 4.79 Å². The second kappa shape index (κ2) is 7.62. The van der Waals surface area contributed by atoms with E-state index in [0.29, 0.717) is 18.0 Å². The van der Waals surface area contributed by atoms with Crippen LogP contribution in [0.15, 0.2) is 23.1 Å². The Morgan fingerprint density at radius 1 is 1.41 bits per heavy atom. The summed E-state index contributed by atoms with van der Waals surface area (Å²) in [5.74, 6) is -1.55. The number of nitrogens with two attached hydrogens (primary N) is 1. The minimum absolute atomic E-state index is 0. The highest BCUT2D eigenvalue weighted by Gasteiger charge is 2.35. The summed E-state index contributed by atoms with van der Waals surface area (Å²) in [7, 11) is 0. The minimum atomic E-state index is -0.891. The Hall–Kier alpha value is -0.850. The van der Waals surface area contributed by atoms with Crippen LogP contribution in [0, 0.1) is 17.0 Å². The average molecular weight is 351 g/mol. The molecule has 3 nitrogen and oxygen atoms in total. The predicted molar refractivity (Wildman–Crippen MR) is 87.3 cm³/mol. The summed E-state index contributed by atoms with van der Waals surface area (Å²) < 4.78 is 25.9. The lowest BCUT2D eigenvalue weighted by molar-refractivity contribution is -0.131. The van der Waals surface area contributed by atoms with Crippen LogP contribution in [0.25, 0.3) is 0 Å². The zero-order chi connectivity index (χ0) is 15.6. The maximum absolute atomic E-state index is 13.1. The number of benzene rings is 1. The molecule has 1 aliphatic heterocycles. The highest BCUT2D eigenvalue weighted by atomic mass is 35.5. The molecule has 124 valence electrons. The Morgan fingerprint density at radius 3 is 2.68 bits per heavy atom. The molecule has 1 heterocycles. The molecule has 1 saturated heterocycles. The Morgan fingerprint density at radius 2 is 2.09 bits per heavy atom. The molecule has 0 spiro atoms. The maximum Gasteiger partial charge on any atom is 0.232 e. The van der Waals surface area contributed by atoms with Gasteiger partial charge in [-0.05, 0) is 30.0 Å². The fraction of sp³-hybridized carbons (Fsp3) is 0.533. The molecule has 1 atom stereocenters. The van der Waals surface area contributed by atoms with Gasteiger partial charge in [0.15, 0.2) is 11.6 Å². The van der Waals surface area contributed by atoms with Crippen LogP contribution >= 0.6 is 24.2 Å². The van der Waals surface area contributed by atoms with Crippen LogP contribution in [0.5, 0.6) is 0 Å². The van der Waals surface area contributed by atoms with Crippen molar-refractivity contribution in [2.24, 2.45) is 11.1 Å². The summed E-state index contributed by atoms with van der Waals surface area (Å²) in [6, 6.07) is 3.77. The van der Waals surface area contributed by atoms with Gasteiger partial charge in [-0.25, -0.2) is 8.78 Å². The predicted octanol–water partition coefficient (Wildman–Crippen LogP) is 3.06. The number of likely N-dealkylation sites (tertiary alicyclic amines) is 1. The van der Waals surface area contributed by atoms with Gasteiger partial charge < -0.3 is 10.6 Å². The Labute approximate surface area is 140 Å². The Kier molecular flexibility index (Phi) is 6.65. The zero-order valence-electron chi connectivity index (χ0n) is 12.6. The van der Waals surface area contributed by atoms with Crippen molar-refractivity contribution in [1.29, 1.82) is 0 Å². The molecule has 1 aromatic rings. The fourth-order valence-corrected chi connectivity index (χ4v) is 3.21. The van der Waals surface area contributed by atoms with Gasteiger partial charge in [-0.2, -0.15) is 0 Å². The number of halogens is 3. The van der Waals surface area contributed by atoms with Gasteiger partial charge in [0, 0.05) is 24.0 Å². The van der Waals surface area contributed by atoms with Crippen molar-refractivity contribution >= 4 is 30.1 Å². The smallest absolute Gasteiger partial charge is 0.232 e. The van der Waals surface area contributed by atoms with Crippen LogP contribution in [0.3, 0.4) is 0 Å². The average Bonchev–Trinajstić information content (AvgIpc) is 2.42. The molecule has 2 rings (SSSR count). The summed E-state index contributed by atoms with van der Waals surface area (Å²) in [4.78, 5) is 14.6. The van der Waals surface area contributed by atoms with Crippen molar-refractivity contribution in [3.63, 3.8) is 0 Å². The third-order valence-corrected chi connectivity index (χ3v) is 4.90. The molecule has 7 heteroatoms. The van der Waals surface area contributed by atoms with Gasteiger partial charge in [-0.1, -0.05) is 13.8 Å². The van der Waals surface area contributed by atoms with Gasteiger partial charge in [0.2, 0.25) is 5.91 Å². The van der Waals surface area contributed by atoms with E-state index in [-0.39, 0.29) is 35.5 Å². The number of carbonyl (C=O) groups is 1. The molecule has 1 amide bonds. The van der Waals surface area contributed by atoms with Gasteiger partial charge in [0.25, 0.3) is 0 Å². The van der Waals surface area contributed by atoms with Gasteiger partial charge >= 0.3 is 0 Å². The van der Waals surface area contributed by atoms with E-state index in [9.17, 15) is 13.6 Å². The third-order valence-electron chi connectivity index (χ3n) is 3.92. The zero-order valence-corrected chi connectivity index (χ0v) is 14.3. The molecular weight excluding hydrogens is 330 g/mol. The lowest BCUT2D eigenvalue weighted by Gasteiger charge is -2.42. The molecule has 22 heavy (non-hydrogen) atoms. The van der Waals surface area contributed by atoms with E-state index in [1.807, 2.05) is 0 Å². The van der Waals surface area contributed by atoms with Crippen molar-refractivity contribution in [2.75, 3.05) is 18.8 Å². The quantitative estimate of drug-likeness (QED) is 0.852. The molecule has 0 radical (unpaired) electrons. The molecule has 1 fully saturated rings. The summed E-state index contributed by atoms with van der Waals surface area (Å²) >= 11 is 1.22. The molecule has 0 bridgehead atoms. The largest absolute Gasteiger partial charge is 0.341 e. The lowest BCUT2D eigenvalue weighted by atomic mass is 9.80.